The Morgan fingerprint density at radius 3 is 3.00 bits per heavy atom. The van der Waals surface area contributed by atoms with Crippen LogP contribution in [0.25, 0.3) is 0 Å². The number of nitrogens with two attached hydrogens (primary N) is 1. The average Bonchev–Trinajstić information content (AvgIpc) is 2.31. The van der Waals surface area contributed by atoms with E-state index in [-0.39, 0.29) is 0 Å². The van der Waals surface area contributed by atoms with Crippen molar-refractivity contribution in [1.29, 1.82) is 0 Å². The van der Waals surface area contributed by atoms with E-state index in [1.165, 1.54) is 24.1 Å². The molecule has 17 heavy (non-hydrogen) atoms. The number of hydrogen-bond donors (Lipinski definition) is 1. The standard InChI is InChI=1S/C13H19BrN2O/c1-10-5-6-13(12(14)8-10)16-7-3-2-4-11(16)9-17-15/h5-6,8,11H,2-4,7,9,15H2,1H3. The summed E-state index contributed by atoms with van der Waals surface area (Å²) in [4.78, 5) is 7.24. The minimum absolute atomic E-state index is 0.396. The van der Waals surface area contributed by atoms with Gasteiger partial charge in [0, 0.05) is 11.0 Å². The third-order valence-corrected chi connectivity index (χ3v) is 3.96. The van der Waals surface area contributed by atoms with Gasteiger partial charge in [0.25, 0.3) is 0 Å². The Bertz CT molecular complexity index is 382. The van der Waals surface area contributed by atoms with Crippen molar-refractivity contribution in [3.05, 3.63) is 28.2 Å². The molecule has 1 aliphatic rings. The predicted octanol–water partition coefficient (Wildman–Crippen LogP) is 3.01. The Kier molecular flexibility index (Phi) is 4.42. The van der Waals surface area contributed by atoms with Crippen LogP contribution in [0.5, 0.6) is 0 Å². The van der Waals surface area contributed by atoms with Crippen LogP contribution in [0.2, 0.25) is 0 Å². The highest BCUT2D eigenvalue weighted by atomic mass is 79.9. The molecule has 1 fully saturated rings. The van der Waals surface area contributed by atoms with Crippen LogP contribution in [0, 0.1) is 6.92 Å². The maximum absolute atomic E-state index is 5.22. The minimum atomic E-state index is 0.396. The molecule has 0 aromatic heterocycles. The van der Waals surface area contributed by atoms with Crippen molar-refractivity contribution >= 4 is 21.6 Å². The molecule has 0 spiro atoms. The van der Waals surface area contributed by atoms with Crippen molar-refractivity contribution in [2.24, 2.45) is 5.90 Å². The molecule has 0 saturated carbocycles. The molecule has 2 rings (SSSR count). The molecule has 0 radical (unpaired) electrons. The summed E-state index contributed by atoms with van der Waals surface area (Å²) in [5, 5.41) is 0. The van der Waals surface area contributed by atoms with Gasteiger partial charge in [0.15, 0.2) is 0 Å². The molecular formula is C13H19BrN2O. The number of benzene rings is 1. The van der Waals surface area contributed by atoms with Crippen LogP contribution in [-0.2, 0) is 4.84 Å². The van der Waals surface area contributed by atoms with E-state index in [1.807, 2.05) is 0 Å². The molecule has 94 valence electrons. The van der Waals surface area contributed by atoms with E-state index in [4.69, 9.17) is 10.7 Å². The summed E-state index contributed by atoms with van der Waals surface area (Å²) in [6.45, 7) is 3.78. The van der Waals surface area contributed by atoms with Gasteiger partial charge >= 0.3 is 0 Å². The quantitative estimate of drug-likeness (QED) is 0.872. The van der Waals surface area contributed by atoms with E-state index in [9.17, 15) is 0 Å². The molecule has 4 heteroatoms. The summed E-state index contributed by atoms with van der Waals surface area (Å²) >= 11 is 3.65. The van der Waals surface area contributed by atoms with E-state index < -0.39 is 0 Å². The van der Waals surface area contributed by atoms with E-state index in [1.54, 1.807) is 0 Å². The Morgan fingerprint density at radius 2 is 2.29 bits per heavy atom. The first-order chi connectivity index (χ1) is 8.22. The van der Waals surface area contributed by atoms with Gasteiger partial charge in [-0.05, 0) is 59.8 Å². The molecule has 1 unspecified atom stereocenters. The lowest BCUT2D eigenvalue weighted by Crippen LogP contribution is -2.43. The van der Waals surface area contributed by atoms with Crippen molar-refractivity contribution in [2.75, 3.05) is 18.1 Å². The number of aryl methyl sites for hydroxylation is 1. The van der Waals surface area contributed by atoms with Crippen LogP contribution >= 0.6 is 15.9 Å². The summed E-state index contributed by atoms with van der Waals surface area (Å²) in [5.74, 6) is 5.22. The van der Waals surface area contributed by atoms with E-state index >= 15 is 0 Å². The average molecular weight is 299 g/mol. The van der Waals surface area contributed by atoms with E-state index in [2.05, 4.69) is 46.0 Å². The topological polar surface area (TPSA) is 38.5 Å². The zero-order valence-corrected chi connectivity index (χ0v) is 11.7. The van der Waals surface area contributed by atoms with Crippen LogP contribution in [0.15, 0.2) is 22.7 Å². The highest BCUT2D eigenvalue weighted by Gasteiger charge is 2.24. The molecule has 3 nitrogen and oxygen atoms in total. The third kappa shape index (κ3) is 3.00. The molecule has 1 heterocycles. The fraction of sp³-hybridized carbons (Fsp3) is 0.538. The van der Waals surface area contributed by atoms with Crippen molar-refractivity contribution in [2.45, 2.75) is 32.2 Å². The molecule has 0 amide bonds. The molecule has 2 N–H and O–H groups in total. The van der Waals surface area contributed by atoms with Gasteiger partial charge in [0.05, 0.1) is 18.3 Å². The molecule has 1 aromatic carbocycles. The Labute approximate surface area is 111 Å². The summed E-state index contributed by atoms with van der Waals surface area (Å²) in [5.41, 5.74) is 2.52. The van der Waals surface area contributed by atoms with Crippen LogP contribution in [0.4, 0.5) is 5.69 Å². The zero-order chi connectivity index (χ0) is 12.3. The molecule has 0 bridgehead atoms. The first kappa shape index (κ1) is 12.9. The molecule has 1 aliphatic heterocycles. The van der Waals surface area contributed by atoms with Gasteiger partial charge < -0.3 is 9.74 Å². The summed E-state index contributed by atoms with van der Waals surface area (Å²) in [7, 11) is 0. The monoisotopic (exact) mass is 298 g/mol. The Hall–Kier alpha value is -0.580. The smallest absolute Gasteiger partial charge is 0.0882 e. The van der Waals surface area contributed by atoms with E-state index in [0.717, 1.165) is 17.4 Å². The van der Waals surface area contributed by atoms with Crippen molar-refractivity contribution in [3.8, 4) is 0 Å². The lowest BCUT2D eigenvalue weighted by atomic mass is 10.0. The second-order valence-corrected chi connectivity index (χ2v) is 5.49. The first-order valence-electron chi connectivity index (χ1n) is 6.07. The van der Waals surface area contributed by atoms with Gasteiger partial charge in [-0.15, -0.1) is 0 Å². The van der Waals surface area contributed by atoms with Gasteiger partial charge in [-0.25, -0.2) is 5.90 Å². The fourth-order valence-electron chi connectivity index (χ4n) is 2.45. The van der Waals surface area contributed by atoms with Gasteiger partial charge in [-0.2, -0.15) is 0 Å². The van der Waals surface area contributed by atoms with E-state index in [0.29, 0.717) is 12.6 Å². The van der Waals surface area contributed by atoms with Crippen molar-refractivity contribution < 1.29 is 4.84 Å². The predicted molar refractivity (Wildman–Crippen MR) is 74.0 cm³/mol. The van der Waals surface area contributed by atoms with Gasteiger partial charge in [0.1, 0.15) is 0 Å². The second-order valence-electron chi connectivity index (χ2n) is 4.63. The highest BCUT2D eigenvalue weighted by molar-refractivity contribution is 9.10. The lowest BCUT2D eigenvalue weighted by molar-refractivity contribution is 0.114. The Balaban J connectivity index is 2.23. The zero-order valence-electron chi connectivity index (χ0n) is 10.2. The molecule has 0 aliphatic carbocycles. The Morgan fingerprint density at radius 1 is 1.47 bits per heavy atom. The number of anilines is 1. The third-order valence-electron chi connectivity index (χ3n) is 3.33. The van der Waals surface area contributed by atoms with Crippen LogP contribution in [0.1, 0.15) is 24.8 Å². The lowest BCUT2D eigenvalue weighted by Gasteiger charge is -2.37. The highest BCUT2D eigenvalue weighted by Crippen LogP contribution is 2.32. The molecule has 1 aromatic rings. The number of halogens is 1. The molecule has 1 saturated heterocycles. The van der Waals surface area contributed by atoms with Gasteiger partial charge in [-0.3, -0.25) is 0 Å². The summed E-state index contributed by atoms with van der Waals surface area (Å²) in [6, 6.07) is 6.88. The maximum atomic E-state index is 5.22. The van der Waals surface area contributed by atoms with Gasteiger partial charge in [-0.1, -0.05) is 6.07 Å². The normalized spacial score (nSPS) is 20.6. The number of rotatable bonds is 3. The largest absolute Gasteiger partial charge is 0.365 e. The number of piperidine rings is 1. The minimum Gasteiger partial charge on any atom is -0.365 e. The van der Waals surface area contributed by atoms with Crippen molar-refractivity contribution in [3.63, 3.8) is 0 Å². The van der Waals surface area contributed by atoms with Crippen LogP contribution < -0.4 is 10.8 Å². The SMILES string of the molecule is Cc1ccc(N2CCCCC2CON)c(Br)c1. The summed E-state index contributed by atoms with van der Waals surface area (Å²) < 4.78 is 1.15. The van der Waals surface area contributed by atoms with Crippen LogP contribution in [0.3, 0.4) is 0 Å². The summed E-state index contributed by atoms with van der Waals surface area (Å²) in [6.07, 6.45) is 3.65. The number of hydrogen-bond acceptors (Lipinski definition) is 3. The second kappa shape index (κ2) is 5.85. The van der Waals surface area contributed by atoms with Crippen molar-refractivity contribution in [1.82, 2.24) is 0 Å². The first-order valence-corrected chi connectivity index (χ1v) is 6.86. The fourth-order valence-corrected chi connectivity index (χ4v) is 3.17. The molecular weight excluding hydrogens is 280 g/mol. The number of nitrogens with zero attached hydrogens (tertiary/aromatic N) is 1. The van der Waals surface area contributed by atoms with Gasteiger partial charge in [0.2, 0.25) is 0 Å². The molecule has 1 atom stereocenters. The van der Waals surface area contributed by atoms with Crippen LogP contribution in [-0.4, -0.2) is 19.2 Å². The maximum Gasteiger partial charge on any atom is 0.0882 e.